The highest BCUT2D eigenvalue weighted by molar-refractivity contribution is 4.95. The van der Waals surface area contributed by atoms with E-state index in [2.05, 4.69) is 50.1 Å². The van der Waals surface area contributed by atoms with Crippen molar-refractivity contribution in [2.75, 3.05) is 19.6 Å². The van der Waals surface area contributed by atoms with Crippen LogP contribution < -0.4 is 5.32 Å². The van der Waals surface area contributed by atoms with E-state index < -0.39 is 0 Å². The highest BCUT2D eigenvalue weighted by Crippen LogP contribution is 2.17. The maximum absolute atomic E-state index is 3.63. The van der Waals surface area contributed by atoms with Crippen molar-refractivity contribution in [1.82, 2.24) is 10.2 Å². The Labute approximate surface area is 94.7 Å². The molecule has 0 radical (unpaired) electrons. The first-order chi connectivity index (χ1) is 7.09. The van der Waals surface area contributed by atoms with Crippen LogP contribution >= 0.6 is 0 Å². The van der Waals surface area contributed by atoms with E-state index in [0.717, 1.165) is 25.7 Å². The Bertz CT molecular complexity index is 209. The van der Waals surface area contributed by atoms with E-state index in [1.807, 2.05) is 0 Å². The van der Waals surface area contributed by atoms with Crippen LogP contribution in [0.4, 0.5) is 0 Å². The first-order valence-electron chi connectivity index (χ1n) is 6.19. The normalized spacial score (nSPS) is 27.3. The molecule has 1 heterocycles. The lowest BCUT2D eigenvalue weighted by Gasteiger charge is -2.44. The van der Waals surface area contributed by atoms with Gasteiger partial charge in [-0.05, 0) is 27.2 Å². The number of rotatable bonds is 4. The number of piperazine rings is 1. The van der Waals surface area contributed by atoms with Gasteiger partial charge in [-0.25, -0.2) is 0 Å². The molecule has 0 spiro atoms. The molecule has 2 heteroatoms. The first-order valence-corrected chi connectivity index (χ1v) is 6.19. The molecule has 0 aromatic rings. The standard InChI is InChI=1S/C13H26N2/c1-5-7-9-15-11-13(3,4)14-10-12(15)8-6-2/h5,7,12,14H,6,8-11H2,1-4H3/b7-5+. The average Bonchev–Trinajstić information content (AvgIpc) is 2.18. The van der Waals surface area contributed by atoms with E-state index in [1.54, 1.807) is 0 Å². The summed E-state index contributed by atoms with van der Waals surface area (Å²) in [6.45, 7) is 12.3. The number of allylic oxidation sites excluding steroid dienone is 1. The van der Waals surface area contributed by atoms with Crippen LogP contribution in [-0.2, 0) is 0 Å². The van der Waals surface area contributed by atoms with Gasteiger partial charge in [0.1, 0.15) is 0 Å². The van der Waals surface area contributed by atoms with Gasteiger partial charge in [-0.3, -0.25) is 4.90 Å². The van der Waals surface area contributed by atoms with Crippen LogP contribution in [0.15, 0.2) is 12.2 Å². The molecule has 1 N–H and O–H groups in total. The van der Waals surface area contributed by atoms with Gasteiger partial charge in [0.25, 0.3) is 0 Å². The molecule has 1 saturated heterocycles. The minimum Gasteiger partial charge on any atom is -0.309 e. The van der Waals surface area contributed by atoms with Gasteiger partial charge in [0, 0.05) is 31.2 Å². The lowest BCUT2D eigenvalue weighted by atomic mass is 9.96. The minimum atomic E-state index is 0.270. The van der Waals surface area contributed by atoms with E-state index in [4.69, 9.17) is 0 Å². The Kier molecular flexibility index (Phi) is 4.81. The van der Waals surface area contributed by atoms with E-state index in [-0.39, 0.29) is 5.54 Å². The Morgan fingerprint density at radius 1 is 1.47 bits per heavy atom. The second-order valence-corrected chi connectivity index (χ2v) is 5.21. The summed E-state index contributed by atoms with van der Waals surface area (Å²) in [6.07, 6.45) is 7.00. The highest BCUT2D eigenvalue weighted by Gasteiger charge is 2.30. The summed E-state index contributed by atoms with van der Waals surface area (Å²) in [5.74, 6) is 0. The highest BCUT2D eigenvalue weighted by atomic mass is 15.2. The van der Waals surface area contributed by atoms with Crippen LogP contribution in [0.5, 0.6) is 0 Å². The molecule has 0 amide bonds. The average molecular weight is 210 g/mol. The Morgan fingerprint density at radius 2 is 2.20 bits per heavy atom. The summed E-state index contributed by atoms with van der Waals surface area (Å²) < 4.78 is 0. The van der Waals surface area contributed by atoms with Crippen LogP contribution in [0.3, 0.4) is 0 Å². The molecular weight excluding hydrogens is 184 g/mol. The van der Waals surface area contributed by atoms with Gasteiger partial charge in [-0.2, -0.15) is 0 Å². The molecule has 1 unspecified atom stereocenters. The van der Waals surface area contributed by atoms with Crippen molar-refractivity contribution in [3.63, 3.8) is 0 Å². The summed E-state index contributed by atoms with van der Waals surface area (Å²) in [5, 5.41) is 3.63. The van der Waals surface area contributed by atoms with Gasteiger partial charge in [0.15, 0.2) is 0 Å². The molecule has 1 atom stereocenters. The molecule has 1 rings (SSSR count). The quantitative estimate of drug-likeness (QED) is 0.717. The van der Waals surface area contributed by atoms with E-state index in [9.17, 15) is 0 Å². The molecule has 0 aromatic heterocycles. The maximum atomic E-state index is 3.63. The Hall–Kier alpha value is -0.340. The number of hydrogen-bond donors (Lipinski definition) is 1. The maximum Gasteiger partial charge on any atom is 0.0253 e. The molecule has 88 valence electrons. The summed E-state index contributed by atoms with van der Waals surface area (Å²) in [6, 6.07) is 0.722. The van der Waals surface area contributed by atoms with Gasteiger partial charge < -0.3 is 5.32 Å². The fraction of sp³-hybridized carbons (Fsp3) is 0.846. The van der Waals surface area contributed by atoms with Gasteiger partial charge >= 0.3 is 0 Å². The van der Waals surface area contributed by atoms with E-state index >= 15 is 0 Å². The Morgan fingerprint density at radius 3 is 2.80 bits per heavy atom. The summed E-state index contributed by atoms with van der Waals surface area (Å²) in [4.78, 5) is 2.61. The monoisotopic (exact) mass is 210 g/mol. The summed E-state index contributed by atoms with van der Waals surface area (Å²) >= 11 is 0. The summed E-state index contributed by atoms with van der Waals surface area (Å²) in [7, 11) is 0. The molecule has 1 fully saturated rings. The van der Waals surface area contributed by atoms with E-state index in [0.29, 0.717) is 0 Å². The first kappa shape index (κ1) is 12.7. The van der Waals surface area contributed by atoms with Crippen LogP contribution in [0.25, 0.3) is 0 Å². The van der Waals surface area contributed by atoms with Gasteiger partial charge in [-0.1, -0.05) is 25.5 Å². The third kappa shape index (κ3) is 3.96. The topological polar surface area (TPSA) is 15.3 Å². The van der Waals surface area contributed by atoms with Crippen LogP contribution in [0, 0.1) is 0 Å². The third-order valence-corrected chi connectivity index (χ3v) is 3.13. The van der Waals surface area contributed by atoms with Crippen molar-refractivity contribution in [3.05, 3.63) is 12.2 Å². The zero-order valence-corrected chi connectivity index (χ0v) is 10.7. The molecule has 0 aliphatic carbocycles. The number of nitrogens with one attached hydrogen (secondary N) is 1. The molecule has 0 saturated carbocycles. The molecule has 2 nitrogen and oxygen atoms in total. The number of nitrogens with zero attached hydrogens (tertiary/aromatic N) is 1. The zero-order valence-electron chi connectivity index (χ0n) is 10.7. The SMILES string of the molecule is C/C=C/CN1CC(C)(C)NCC1CCC. The Balaban J connectivity index is 2.56. The van der Waals surface area contributed by atoms with E-state index in [1.165, 1.54) is 12.8 Å². The fourth-order valence-corrected chi connectivity index (χ4v) is 2.29. The van der Waals surface area contributed by atoms with Gasteiger partial charge in [0.05, 0.1) is 0 Å². The zero-order chi connectivity index (χ0) is 11.3. The van der Waals surface area contributed by atoms with Crippen LogP contribution in [0.1, 0.15) is 40.5 Å². The van der Waals surface area contributed by atoms with Gasteiger partial charge in [0.2, 0.25) is 0 Å². The predicted molar refractivity (Wildman–Crippen MR) is 67.2 cm³/mol. The largest absolute Gasteiger partial charge is 0.309 e. The van der Waals surface area contributed by atoms with Crippen molar-refractivity contribution in [2.24, 2.45) is 0 Å². The predicted octanol–water partition coefficient (Wildman–Crippen LogP) is 2.42. The molecule has 15 heavy (non-hydrogen) atoms. The molecule has 0 bridgehead atoms. The molecule has 1 aliphatic rings. The second kappa shape index (κ2) is 5.66. The van der Waals surface area contributed by atoms with Crippen LogP contribution in [-0.4, -0.2) is 36.1 Å². The van der Waals surface area contributed by atoms with Crippen LogP contribution in [0.2, 0.25) is 0 Å². The van der Waals surface area contributed by atoms with Crippen molar-refractivity contribution in [1.29, 1.82) is 0 Å². The smallest absolute Gasteiger partial charge is 0.0253 e. The lowest BCUT2D eigenvalue weighted by Crippen LogP contribution is -2.61. The summed E-state index contributed by atoms with van der Waals surface area (Å²) in [5.41, 5.74) is 0.270. The van der Waals surface area contributed by atoms with Gasteiger partial charge in [-0.15, -0.1) is 0 Å². The molecule has 0 aromatic carbocycles. The van der Waals surface area contributed by atoms with Crippen molar-refractivity contribution in [3.8, 4) is 0 Å². The molecule has 1 aliphatic heterocycles. The lowest BCUT2D eigenvalue weighted by molar-refractivity contribution is 0.101. The molecular formula is C13H26N2. The third-order valence-electron chi connectivity index (χ3n) is 3.13. The van der Waals surface area contributed by atoms with Crippen molar-refractivity contribution >= 4 is 0 Å². The van der Waals surface area contributed by atoms with Crippen molar-refractivity contribution in [2.45, 2.75) is 52.1 Å². The second-order valence-electron chi connectivity index (χ2n) is 5.21. The number of hydrogen-bond acceptors (Lipinski definition) is 2. The minimum absolute atomic E-state index is 0.270. The fourth-order valence-electron chi connectivity index (χ4n) is 2.29. The van der Waals surface area contributed by atoms with Crippen molar-refractivity contribution < 1.29 is 0 Å².